The summed E-state index contributed by atoms with van der Waals surface area (Å²) < 4.78 is 0. The van der Waals surface area contributed by atoms with E-state index in [1.165, 1.54) is 0 Å². The van der Waals surface area contributed by atoms with Gasteiger partial charge in [-0.1, -0.05) is 50.6 Å². The number of rotatable bonds is 16. The number of primary amides is 2. The Labute approximate surface area is 214 Å². The van der Waals surface area contributed by atoms with Crippen LogP contribution in [0.2, 0.25) is 0 Å². The molecule has 5 atom stereocenters. The lowest BCUT2D eigenvalue weighted by Crippen LogP contribution is -2.58. The number of carbonyl (C=O) groups excluding carboxylic acids is 5. The minimum Gasteiger partial charge on any atom is -0.480 e. The molecule has 0 heterocycles. The molecule has 0 saturated heterocycles. The van der Waals surface area contributed by atoms with Crippen molar-refractivity contribution in [3.05, 3.63) is 35.9 Å². The van der Waals surface area contributed by atoms with Gasteiger partial charge in [0.25, 0.3) is 0 Å². The Morgan fingerprint density at radius 1 is 0.838 bits per heavy atom. The Kier molecular flexibility index (Phi) is 12.7. The van der Waals surface area contributed by atoms with Crippen LogP contribution in [0.3, 0.4) is 0 Å². The summed E-state index contributed by atoms with van der Waals surface area (Å²) in [6.07, 6.45) is -0.529. The van der Waals surface area contributed by atoms with E-state index in [0.29, 0.717) is 12.0 Å². The van der Waals surface area contributed by atoms with Crippen molar-refractivity contribution >= 4 is 35.5 Å². The lowest BCUT2D eigenvalue weighted by molar-refractivity contribution is -0.142. The largest absolute Gasteiger partial charge is 0.480 e. The minimum atomic E-state index is -1.44. The van der Waals surface area contributed by atoms with Crippen molar-refractivity contribution in [1.82, 2.24) is 16.0 Å². The van der Waals surface area contributed by atoms with Gasteiger partial charge < -0.3 is 38.3 Å². The van der Waals surface area contributed by atoms with Crippen molar-refractivity contribution < 1.29 is 33.9 Å². The van der Waals surface area contributed by atoms with Crippen LogP contribution in [-0.2, 0) is 35.2 Å². The number of carboxylic acids is 1. The molecule has 1 rings (SSSR count). The fourth-order valence-electron chi connectivity index (χ4n) is 3.34. The first-order valence-corrected chi connectivity index (χ1v) is 11.9. The Hall–Kier alpha value is -4.00. The first kappa shape index (κ1) is 31.0. The second kappa shape index (κ2) is 15.2. The van der Waals surface area contributed by atoms with Crippen molar-refractivity contribution in [2.45, 2.75) is 70.1 Å². The maximum Gasteiger partial charge on any atom is 0.326 e. The molecule has 204 valence electrons. The Balaban J connectivity index is 3.14. The number of aliphatic carboxylic acids is 1. The predicted molar refractivity (Wildman–Crippen MR) is 133 cm³/mol. The zero-order chi connectivity index (χ0) is 28.1. The normalized spacial score (nSPS) is 14.8. The molecular weight excluding hydrogens is 484 g/mol. The van der Waals surface area contributed by atoms with Crippen LogP contribution < -0.4 is 33.2 Å². The summed E-state index contributed by atoms with van der Waals surface area (Å²) in [5, 5.41) is 16.6. The lowest BCUT2D eigenvalue weighted by atomic mass is 9.98. The molecule has 0 aliphatic rings. The molecule has 0 radical (unpaired) electrons. The van der Waals surface area contributed by atoms with E-state index in [0.717, 1.165) is 0 Å². The number of amides is 5. The Bertz CT molecular complexity index is 972. The van der Waals surface area contributed by atoms with E-state index < -0.39 is 66.1 Å². The molecule has 1 aromatic carbocycles. The van der Waals surface area contributed by atoms with Crippen molar-refractivity contribution in [2.24, 2.45) is 23.1 Å². The van der Waals surface area contributed by atoms with Gasteiger partial charge in [0.2, 0.25) is 29.5 Å². The van der Waals surface area contributed by atoms with Gasteiger partial charge in [0, 0.05) is 12.8 Å². The third kappa shape index (κ3) is 11.1. The fraction of sp³-hybridized carbons (Fsp3) is 0.500. The van der Waals surface area contributed by atoms with Crippen molar-refractivity contribution in [2.75, 3.05) is 0 Å². The lowest BCUT2D eigenvalue weighted by Gasteiger charge is -2.25. The van der Waals surface area contributed by atoms with Gasteiger partial charge in [0.05, 0.1) is 12.5 Å². The second-order valence-corrected chi connectivity index (χ2v) is 8.80. The summed E-state index contributed by atoms with van der Waals surface area (Å²) >= 11 is 0. The highest BCUT2D eigenvalue weighted by atomic mass is 16.4. The predicted octanol–water partition coefficient (Wildman–Crippen LogP) is -1.72. The first-order valence-electron chi connectivity index (χ1n) is 11.9. The summed E-state index contributed by atoms with van der Waals surface area (Å²) in [5.74, 6) is -5.62. The molecule has 13 nitrogen and oxygen atoms in total. The van der Waals surface area contributed by atoms with Crippen molar-refractivity contribution in [1.29, 1.82) is 0 Å². The summed E-state index contributed by atoms with van der Waals surface area (Å²) in [6.45, 7) is 3.59. The van der Waals surface area contributed by atoms with E-state index in [-0.39, 0.29) is 25.2 Å². The van der Waals surface area contributed by atoms with E-state index in [9.17, 15) is 33.9 Å². The number of carbonyl (C=O) groups is 6. The van der Waals surface area contributed by atoms with E-state index >= 15 is 0 Å². The standard InChI is InChI=1S/C24H36N6O7/c1-3-13(2)20(27)23(35)30-17(12-19(26)32)22(34)29-16(11-14-7-5-4-6-8-14)21(33)28-15(24(36)37)9-10-18(25)31/h4-8,13,15-17,20H,3,9-12,27H2,1-2H3,(H2,25,31)(H2,26,32)(H,28,33)(H,29,34)(H,30,35)(H,36,37). The molecule has 0 aliphatic heterocycles. The maximum atomic E-state index is 13.1. The van der Waals surface area contributed by atoms with Crippen LogP contribution in [0.5, 0.6) is 0 Å². The van der Waals surface area contributed by atoms with Gasteiger partial charge in [-0.05, 0) is 17.9 Å². The van der Waals surface area contributed by atoms with E-state index in [2.05, 4.69) is 16.0 Å². The molecule has 13 heteroatoms. The van der Waals surface area contributed by atoms with Gasteiger partial charge in [-0.2, -0.15) is 0 Å². The van der Waals surface area contributed by atoms with Gasteiger partial charge in [0.1, 0.15) is 18.1 Å². The number of carboxylic acid groups (broad SMARTS) is 1. The Morgan fingerprint density at radius 3 is 1.89 bits per heavy atom. The molecule has 0 saturated carbocycles. The van der Waals surface area contributed by atoms with Gasteiger partial charge >= 0.3 is 5.97 Å². The summed E-state index contributed by atoms with van der Waals surface area (Å²) in [4.78, 5) is 72.9. The van der Waals surface area contributed by atoms with Gasteiger partial charge in [-0.3, -0.25) is 24.0 Å². The van der Waals surface area contributed by atoms with Gasteiger partial charge in [-0.15, -0.1) is 0 Å². The molecule has 0 fully saturated rings. The Morgan fingerprint density at radius 2 is 1.38 bits per heavy atom. The highest BCUT2D eigenvalue weighted by molar-refractivity contribution is 5.96. The number of hydrogen-bond acceptors (Lipinski definition) is 7. The van der Waals surface area contributed by atoms with Gasteiger partial charge in [0.15, 0.2) is 0 Å². The van der Waals surface area contributed by atoms with Crippen LogP contribution in [0.4, 0.5) is 0 Å². The quantitative estimate of drug-likeness (QED) is 0.132. The van der Waals surface area contributed by atoms with E-state index in [4.69, 9.17) is 17.2 Å². The minimum absolute atomic E-state index is 0.0375. The molecule has 1 aromatic rings. The number of nitrogens with one attached hydrogen (secondary N) is 3. The molecule has 0 spiro atoms. The molecule has 0 bridgehead atoms. The van der Waals surface area contributed by atoms with Crippen LogP contribution >= 0.6 is 0 Å². The second-order valence-electron chi connectivity index (χ2n) is 8.80. The van der Waals surface area contributed by atoms with Crippen molar-refractivity contribution in [3.63, 3.8) is 0 Å². The zero-order valence-corrected chi connectivity index (χ0v) is 20.9. The van der Waals surface area contributed by atoms with Crippen LogP contribution in [0.1, 0.15) is 45.1 Å². The summed E-state index contributed by atoms with van der Waals surface area (Å²) in [5.41, 5.74) is 16.9. The van der Waals surface area contributed by atoms with Crippen LogP contribution in [0, 0.1) is 5.92 Å². The average Bonchev–Trinajstić information content (AvgIpc) is 2.84. The number of hydrogen-bond donors (Lipinski definition) is 7. The molecule has 5 unspecified atom stereocenters. The maximum absolute atomic E-state index is 13.1. The monoisotopic (exact) mass is 520 g/mol. The van der Waals surface area contributed by atoms with E-state index in [1.807, 2.05) is 6.92 Å². The topological polar surface area (TPSA) is 237 Å². The highest BCUT2D eigenvalue weighted by Gasteiger charge is 2.32. The number of nitrogens with two attached hydrogens (primary N) is 3. The molecule has 0 aliphatic carbocycles. The fourth-order valence-corrected chi connectivity index (χ4v) is 3.34. The summed E-state index contributed by atoms with van der Waals surface area (Å²) in [7, 11) is 0. The zero-order valence-electron chi connectivity index (χ0n) is 20.9. The molecule has 5 amide bonds. The average molecular weight is 521 g/mol. The third-order valence-corrected chi connectivity index (χ3v) is 5.81. The van der Waals surface area contributed by atoms with Gasteiger partial charge in [-0.25, -0.2) is 4.79 Å². The highest BCUT2D eigenvalue weighted by Crippen LogP contribution is 2.08. The summed E-state index contributed by atoms with van der Waals surface area (Å²) in [6, 6.07) is 3.47. The smallest absolute Gasteiger partial charge is 0.326 e. The first-order chi connectivity index (χ1) is 17.3. The molecule has 37 heavy (non-hydrogen) atoms. The van der Waals surface area contributed by atoms with Crippen LogP contribution in [0.15, 0.2) is 30.3 Å². The molecule has 10 N–H and O–H groups in total. The van der Waals surface area contributed by atoms with Crippen LogP contribution in [-0.4, -0.2) is 64.8 Å². The molecule has 0 aromatic heterocycles. The van der Waals surface area contributed by atoms with Crippen molar-refractivity contribution in [3.8, 4) is 0 Å². The SMILES string of the molecule is CCC(C)C(N)C(=O)NC(CC(N)=O)C(=O)NC(Cc1ccccc1)C(=O)NC(CCC(N)=O)C(=O)O. The third-order valence-electron chi connectivity index (χ3n) is 5.81. The van der Waals surface area contributed by atoms with Crippen LogP contribution in [0.25, 0.3) is 0 Å². The number of benzene rings is 1. The molecular formula is C24H36N6O7. The van der Waals surface area contributed by atoms with E-state index in [1.54, 1.807) is 37.3 Å².